The van der Waals surface area contributed by atoms with E-state index in [2.05, 4.69) is 15.0 Å². The first-order valence-corrected chi connectivity index (χ1v) is 13.9. The van der Waals surface area contributed by atoms with Gasteiger partial charge in [-0.05, 0) is 67.9 Å². The van der Waals surface area contributed by atoms with Crippen LogP contribution in [0.3, 0.4) is 0 Å². The van der Waals surface area contributed by atoms with E-state index in [-0.39, 0.29) is 30.1 Å². The van der Waals surface area contributed by atoms with Gasteiger partial charge < -0.3 is 19.1 Å². The fourth-order valence-corrected chi connectivity index (χ4v) is 5.56. The molecule has 1 aromatic carbocycles. The van der Waals surface area contributed by atoms with Crippen LogP contribution in [0.1, 0.15) is 59.8 Å². The molecule has 0 amide bonds. The van der Waals surface area contributed by atoms with Gasteiger partial charge in [0.2, 0.25) is 5.88 Å². The zero-order valence-corrected chi connectivity index (χ0v) is 22.6. The van der Waals surface area contributed by atoms with E-state index in [4.69, 9.17) is 26.1 Å². The van der Waals surface area contributed by atoms with Crippen molar-refractivity contribution in [2.75, 3.05) is 6.61 Å². The molecule has 1 N–H and O–H groups in total. The third-order valence-electron chi connectivity index (χ3n) is 7.67. The van der Waals surface area contributed by atoms with Crippen molar-refractivity contribution < 1.29 is 23.8 Å². The third-order valence-corrected chi connectivity index (χ3v) is 7.90. The molecule has 4 aromatic rings. The summed E-state index contributed by atoms with van der Waals surface area (Å²) in [5.41, 5.74) is 1.79. The van der Waals surface area contributed by atoms with Crippen LogP contribution >= 0.6 is 11.6 Å². The summed E-state index contributed by atoms with van der Waals surface area (Å²) in [4.78, 5) is 29.5. The Labute approximate surface area is 235 Å². The summed E-state index contributed by atoms with van der Waals surface area (Å²) >= 11 is 5.86. The number of aromatic nitrogens is 5. The third kappa shape index (κ3) is 5.93. The highest BCUT2D eigenvalue weighted by Crippen LogP contribution is 2.31. The van der Waals surface area contributed by atoms with Crippen molar-refractivity contribution >= 4 is 28.7 Å². The minimum absolute atomic E-state index is 0.0126. The number of pyridine rings is 1. The van der Waals surface area contributed by atoms with Gasteiger partial charge in [0.1, 0.15) is 29.1 Å². The Kier molecular flexibility index (Phi) is 7.62. The molecule has 1 unspecified atom stereocenters. The van der Waals surface area contributed by atoms with Crippen LogP contribution in [0.25, 0.3) is 11.2 Å². The van der Waals surface area contributed by atoms with E-state index in [0.717, 1.165) is 51.0 Å². The number of hydrogen-bond donors (Lipinski definition) is 1. The van der Waals surface area contributed by atoms with E-state index in [1.54, 1.807) is 30.5 Å². The predicted octanol–water partition coefficient (Wildman–Crippen LogP) is 5.27. The van der Waals surface area contributed by atoms with Gasteiger partial charge in [0.15, 0.2) is 11.3 Å². The summed E-state index contributed by atoms with van der Waals surface area (Å²) in [7, 11) is 0. The number of carboxylic acid groups (broad SMARTS) is 1. The molecule has 1 aliphatic carbocycles. The number of ether oxygens (including phenoxy) is 2. The van der Waals surface area contributed by atoms with Crippen molar-refractivity contribution in [2.24, 2.45) is 5.92 Å². The SMILES string of the molecule is O=C(O)c1ccc2nc(CC3CCC(Oc4ccnc(Cc5ccc(Cl)cc5F)n4)CC3)n(CC3CCO3)c2n1. The molecule has 0 spiro atoms. The van der Waals surface area contributed by atoms with Crippen LogP contribution in [0.5, 0.6) is 5.88 Å². The summed E-state index contributed by atoms with van der Waals surface area (Å²) in [6.07, 6.45) is 7.47. The minimum atomic E-state index is -1.05. The van der Waals surface area contributed by atoms with E-state index in [1.807, 2.05) is 4.57 Å². The summed E-state index contributed by atoms with van der Waals surface area (Å²) in [6, 6.07) is 9.55. The number of halogens is 2. The van der Waals surface area contributed by atoms with Crippen LogP contribution in [-0.2, 0) is 24.1 Å². The predicted molar refractivity (Wildman–Crippen MR) is 145 cm³/mol. The lowest BCUT2D eigenvalue weighted by Crippen LogP contribution is -2.32. The number of fused-ring (bicyclic) bond motifs is 1. The highest BCUT2D eigenvalue weighted by molar-refractivity contribution is 6.30. The lowest BCUT2D eigenvalue weighted by Gasteiger charge is -2.30. The maximum Gasteiger partial charge on any atom is 0.354 e. The molecule has 0 radical (unpaired) electrons. The van der Waals surface area contributed by atoms with E-state index in [1.165, 1.54) is 12.1 Å². The first kappa shape index (κ1) is 26.6. The summed E-state index contributed by atoms with van der Waals surface area (Å²) < 4.78 is 28.1. The summed E-state index contributed by atoms with van der Waals surface area (Å²) in [5.74, 6) is 0.882. The van der Waals surface area contributed by atoms with Gasteiger partial charge in [-0.3, -0.25) is 0 Å². The monoisotopic (exact) mass is 565 g/mol. The summed E-state index contributed by atoms with van der Waals surface area (Å²) in [6.45, 7) is 1.37. The largest absolute Gasteiger partial charge is 0.477 e. The molecular weight excluding hydrogens is 537 g/mol. The Balaban J connectivity index is 1.09. The fourth-order valence-electron chi connectivity index (χ4n) is 5.40. The van der Waals surface area contributed by atoms with Gasteiger partial charge in [-0.15, -0.1) is 0 Å². The van der Waals surface area contributed by atoms with Crippen molar-refractivity contribution in [1.82, 2.24) is 24.5 Å². The topological polar surface area (TPSA) is 112 Å². The molecule has 0 bridgehead atoms. The molecule has 6 rings (SSSR count). The zero-order chi connectivity index (χ0) is 27.6. The van der Waals surface area contributed by atoms with E-state index in [9.17, 15) is 14.3 Å². The smallest absolute Gasteiger partial charge is 0.354 e. The van der Waals surface area contributed by atoms with Crippen LogP contribution in [-0.4, -0.2) is 54.4 Å². The zero-order valence-electron chi connectivity index (χ0n) is 21.8. The molecule has 9 nitrogen and oxygen atoms in total. The second-order valence-electron chi connectivity index (χ2n) is 10.5. The molecule has 1 atom stereocenters. The van der Waals surface area contributed by atoms with Gasteiger partial charge in [-0.1, -0.05) is 17.7 Å². The van der Waals surface area contributed by atoms with Gasteiger partial charge in [0.05, 0.1) is 12.6 Å². The maximum absolute atomic E-state index is 14.2. The maximum atomic E-state index is 14.2. The fraction of sp³-hybridized carbons (Fsp3) is 0.414. The van der Waals surface area contributed by atoms with Crippen LogP contribution in [0.4, 0.5) is 4.39 Å². The first-order valence-electron chi connectivity index (χ1n) is 13.5. The van der Waals surface area contributed by atoms with Crippen LogP contribution in [0.15, 0.2) is 42.6 Å². The lowest BCUT2D eigenvalue weighted by atomic mass is 9.85. The average molecular weight is 566 g/mol. The quantitative estimate of drug-likeness (QED) is 0.292. The lowest BCUT2D eigenvalue weighted by molar-refractivity contribution is -0.0591. The van der Waals surface area contributed by atoms with Gasteiger partial charge in [0, 0.05) is 36.7 Å². The molecule has 40 heavy (non-hydrogen) atoms. The van der Waals surface area contributed by atoms with Crippen LogP contribution < -0.4 is 4.74 Å². The summed E-state index contributed by atoms with van der Waals surface area (Å²) in [5, 5.41) is 9.77. The first-order chi connectivity index (χ1) is 19.4. The second kappa shape index (κ2) is 11.5. The minimum Gasteiger partial charge on any atom is -0.477 e. The van der Waals surface area contributed by atoms with Gasteiger partial charge in [-0.25, -0.2) is 24.1 Å². The molecule has 3 aromatic heterocycles. The normalized spacial score (nSPS) is 20.8. The van der Waals surface area contributed by atoms with Gasteiger partial charge in [0.25, 0.3) is 0 Å². The number of rotatable bonds is 9. The van der Waals surface area contributed by atoms with Crippen LogP contribution in [0.2, 0.25) is 5.02 Å². The molecular formula is C29H29ClFN5O4. The van der Waals surface area contributed by atoms with Crippen LogP contribution in [0, 0.1) is 11.7 Å². The Morgan fingerprint density at radius 2 is 1.93 bits per heavy atom. The van der Waals surface area contributed by atoms with E-state index < -0.39 is 5.97 Å². The number of carboxylic acids is 1. The molecule has 2 fully saturated rings. The molecule has 1 aliphatic heterocycles. The molecule has 1 saturated heterocycles. The van der Waals surface area contributed by atoms with Crippen molar-refractivity contribution in [3.8, 4) is 5.88 Å². The number of hydrogen-bond acceptors (Lipinski definition) is 7. The molecule has 11 heteroatoms. The Hall–Kier alpha value is -3.63. The van der Waals surface area contributed by atoms with Crippen molar-refractivity contribution in [1.29, 1.82) is 0 Å². The Morgan fingerprint density at radius 3 is 2.65 bits per heavy atom. The van der Waals surface area contributed by atoms with Gasteiger partial charge >= 0.3 is 5.97 Å². The number of imidazole rings is 1. The number of aromatic carboxylic acids is 1. The highest BCUT2D eigenvalue weighted by Gasteiger charge is 2.27. The Bertz CT molecular complexity index is 1530. The van der Waals surface area contributed by atoms with Crippen molar-refractivity contribution in [3.63, 3.8) is 0 Å². The standard InChI is InChI=1S/C29H29ClFN5O4/c30-19-4-3-18(22(31)15-19)14-25-32-11-9-27(35-25)40-20-5-1-17(2-6-20)13-26-33-23-7-8-24(29(37)38)34-28(23)36(26)16-21-10-12-39-21/h3-4,7-9,11,15,17,20-21H,1-2,5-6,10,12-14,16H2,(H,37,38). The average Bonchev–Trinajstić information content (AvgIpc) is 3.25. The number of nitrogens with zero attached hydrogens (tertiary/aromatic N) is 5. The second-order valence-corrected chi connectivity index (χ2v) is 10.9. The highest BCUT2D eigenvalue weighted by atomic mass is 35.5. The molecule has 4 heterocycles. The van der Waals surface area contributed by atoms with E-state index >= 15 is 0 Å². The molecule has 2 aliphatic rings. The van der Waals surface area contributed by atoms with Crippen molar-refractivity contribution in [3.05, 3.63) is 76.3 Å². The number of benzene rings is 1. The van der Waals surface area contributed by atoms with Gasteiger partial charge in [-0.2, -0.15) is 4.98 Å². The number of carbonyl (C=O) groups is 1. The molecule has 208 valence electrons. The van der Waals surface area contributed by atoms with Crippen molar-refractivity contribution in [2.45, 2.75) is 63.7 Å². The van der Waals surface area contributed by atoms with E-state index in [0.29, 0.717) is 45.9 Å². The molecule has 1 saturated carbocycles. The Morgan fingerprint density at radius 1 is 1.10 bits per heavy atom.